The van der Waals surface area contributed by atoms with Crippen LogP contribution in [0.3, 0.4) is 0 Å². The van der Waals surface area contributed by atoms with Gasteiger partial charge in [-0.05, 0) is 38.2 Å². The Kier molecular flexibility index (Phi) is 3.98. The number of benzene rings is 1. The molecule has 0 spiro atoms. The Morgan fingerprint density at radius 3 is 2.48 bits per heavy atom. The third kappa shape index (κ3) is 3.13. The fourth-order valence-corrected chi connectivity index (χ4v) is 4.10. The molecule has 4 rings (SSSR count). The van der Waals surface area contributed by atoms with Crippen molar-refractivity contribution in [1.29, 1.82) is 0 Å². The van der Waals surface area contributed by atoms with Crippen LogP contribution in [0.1, 0.15) is 31.5 Å². The topological polar surface area (TPSA) is 33.4 Å². The largest absolute Gasteiger partial charge is 0.356 e. The SMILES string of the molecule is Cc1cccc(-c2cc3nc(C)cc(N4C[C@H](C)C[C@@H](C)C4)n3n2)c1. The van der Waals surface area contributed by atoms with Crippen molar-refractivity contribution >= 4 is 11.5 Å². The molecule has 2 atom stereocenters. The van der Waals surface area contributed by atoms with Gasteiger partial charge in [0, 0.05) is 36.5 Å². The van der Waals surface area contributed by atoms with E-state index in [2.05, 4.69) is 69.0 Å². The van der Waals surface area contributed by atoms with Crippen molar-refractivity contribution in [2.24, 2.45) is 11.8 Å². The van der Waals surface area contributed by atoms with Gasteiger partial charge in [-0.25, -0.2) is 4.98 Å². The van der Waals surface area contributed by atoms with Crippen molar-refractivity contribution in [3.05, 3.63) is 47.7 Å². The number of aryl methyl sites for hydroxylation is 2. The van der Waals surface area contributed by atoms with E-state index in [1.54, 1.807) is 0 Å². The third-order valence-electron chi connectivity index (χ3n) is 5.04. The van der Waals surface area contributed by atoms with Gasteiger partial charge in [-0.3, -0.25) is 0 Å². The van der Waals surface area contributed by atoms with E-state index in [0.717, 1.165) is 35.7 Å². The lowest BCUT2D eigenvalue weighted by Gasteiger charge is -2.36. The second kappa shape index (κ2) is 6.17. The van der Waals surface area contributed by atoms with Gasteiger partial charge < -0.3 is 4.90 Å². The molecule has 2 aromatic heterocycles. The van der Waals surface area contributed by atoms with E-state index in [0.29, 0.717) is 11.8 Å². The number of hydrogen-bond acceptors (Lipinski definition) is 3. The van der Waals surface area contributed by atoms with Crippen LogP contribution in [0.2, 0.25) is 0 Å². The van der Waals surface area contributed by atoms with Crippen LogP contribution in [0.25, 0.3) is 16.9 Å². The fourth-order valence-electron chi connectivity index (χ4n) is 4.10. The number of rotatable bonds is 2. The number of hydrogen-bond donors (Lipinski definition) is 0. The van der Waals surface area contributed by atoms with Gasteiger partial charge >= 0.3 is 0 Å². The van der Waals surface area contributed by atoms with E-state index in [9.17, 15) is 0 Å². The summed E-state index contributed by atoms with van der Waals surface area (Å²) in [4.78, 5) is 7.19. The average Bonchev–Trinajstić information content (AvgIpc) is 2.97. The van der Waals surface area contributed by atoms with Gasteiger partial charge in [-0.1, -0.05) is 37.6 Å². The molecule has 1 saturated heterocycles. The first-order chi connectivity index (χ1) is 12.0. The van der Waals surface area contributed by atoms with Gasteiger partial charge in [0.05, 0.1) is 5.69 Å². The molecule has 0 N–H and O–H groups in total. The maximum atomic E-state index is 4.90. The quantitative estimate of drug-likeness (QED) is 0.692. The highest BCUT2D eigenvalue weighted by atomic mass is 15.4. The van der Waals surface area contributed by atoms with Crippen molar-refractivity contribution in [2.75, 3.05) is 18.0 Å². The highest BCUT2D eigenvalue weighted by molar-refractivity contribution is 5.66. The fraction of sp³-hybridized carbons (Fsp3) is 0.429. The minimum atomic E-state index is 0.707. The molecule has 3 heterocycles. The highest BCUT2D eigenvalue weighted by Gasteiger charge is 2.24. The Balaban J connectivity index is 1.82. The summed E-state index contributed by atoms with van der Waals surface area (Å²) in [7, 11) is 0. The summed E-state index contributed by atoms with van der Waals surface area (Å²) in [6, 6.07) is 12.8. The van der Waals surface area contributed by atoms with Crippen LogP contribution in [-0.4, -0.2) is 27.7 Å². The van der Waals surface area contributed by atoms with Gasteiger partial charge in [-0.2, -0.15) is 9.61 Å². The van der Waals surface area contributed by atoms with Gasteiger partial charge in [-0.15, -0.1) is 0 Å². The number of aromatic nitrogens is 3. The minimum Gasteiger partial charge on any atom is -0.356 e. The Labute approximate surface area is 149 Å². The Morgan fingerprint density at radius 1 is 1.00 bits per heavy atom. The van der Waals surface area contributed by atoms with E-state index in [1.807, 2.05) is 4.52 Å². The first-order valence-corrected chi connectivity index (χ1v) is 9.19. The monoisotopic (exact) mass is 334 g/mol. The van der Waals surface area contributed by atoms with Crippen molar-refractivity contribution in [3.63, 3.8) is 0 Å². The van der Waals surface area contributed by atoms with E-state index < -0.39 is 0 Å². The van der Waals surface area contributed by atoms with Gasteiger partial charge in [0.25, 0.3) is 0 Å². The second-order valence-corrected chi connectivity index (χ2v) is 7.78. The molecule has 4 heteroatoms. The van der Waals surface area contributed by atoms with Crippen LogP contribution >= 0.6 is 0 Å². The zero-order valence-electron chi connectivity index (χ0n) is 15.5. The predicted molar refractivity (Wildman–Crippen MR) is 103 cm³/mol. The van der Waals surface area contributed by atoms with Gasteiger partial charge in [0.2, 0.25) is 0 Å². The molecule has 0 amide bonds. The molecule has 1 aliphatic rings. The maximum absolute atomic E-state index is 4.90. The number of anilines is 1. The molecule has 4 nitrogen and oxygen atoms in total. The molecule has 25 heavy (non-hydrogen) atoms. The second-order valence-electron chi connectivity index (χ2n) is 7.78. The average molecular weight is 334 g/mol. The van der Waals surface area contributed by atoms with E-state index in [4.69, 9.17) is 10.1 Å². The van der Waals surface area contributed by atoms with Crippen LogP contribution < -0.4 is 4.90 Å². The van der Waals surface area contributed by atoms with Crippen molar-refractivity contribution in [2.45, 2.75) is 34.1 Å². The summed E-state index contributed by atoms with van der Waals surface area (Å²) in [5, 5.41) is 4.90. The Bertz CT molecular complexity index is 901. The molecule has 0 unspecified atom stereocenters. The number of fused-ring (bicyclic) bond motifs is 1. The first-order valence-electron chi connectivity index (χ1n) is 9.19. The molecule has 1 aliphatic heterocycles. The molecular formula is C21H26N4. The third-order valence-corrected chi connectivity index (χ3v) is 5.04. The summed E-state index contributed by atoms with van der Waals surface area (Å²) in [5.74, 6) is 2.58. The standard InChI is InChI=1S/C21H26N4/c1-14-6-5-7-18(9-14)19-11-20-22-17(4)10-21(25(20)23-19)24-12-15(2)8-16(3)13-24/h5-7,9-11,15-16H,8,12-13H2,1-4H3/t15-,16-/m1/s1. The summed E-state index contributed by atoms with van der Waals surface area (Å²) < 4.78 is 2.02. The normalized spacial score (nSPS) is 21.0. The maximum Gasteiger partial charge on any atom is 0.158 e. The van der Waals surface area contributed by atoms with E-state index >= 15 is 0 Å². The lowest BCUT2D eigenvalue weighted by molar-refractivity contribution is 0.354. The number of nitrogens with zero attached hydrogens (tertiary/aromatic N) is 4. The van der Waals surface area contributed by atoms with Gasteiger partial charge in [0.15, 0.2) is 5.65 Å². The molecule has 0 bridgehead atoms. The van der Waals surface area contributed by atoms with Crippen molar-refractivity contribution in [1.82, 2.24) is 14.6 Å². The van der Waals surface area contributed by atoms with Crippen molar-refractivity contribution < 1.29 is 0 Å². The van der Waals surface area contributed by atoms with Crippen LogP contribution in [0.15, 0.2) is 36.4 Å². The van der Waals surface area contributed by atoms with E-state index in [-0.39, 0.29) is 0 Å². The van der Waals surface area contributed by atoms with E-state index in [1.165, 1.54) is 17.8 Å². The van der Waals surface area contributed by atoms with Gasteiger partial charge in [0.1, 0.15) is 5.82 Å². The molecular weight excluding hydrogens is 308 g/mol. The molecule has 0 aliphatic carbocycles. The lowest BCUT2D eigenvalue weighted by Crippen LogP contribution is -2.39. The Hall–Kier alpha value is -2.36. The first kappa shape index (κ1) is 16.1. The molecule has 130 valence electrons. The van der Waals surface area contributed by atoms with Crippen LogP contribution in [0.5, 0.6) is 0 Å². The molecule has 0 radical (unpaired) electrons. The molecule has 3 aromatic rings. The number of piperidine rings is 1. The van der Waals surface area contributed by atoms with Crippen LogP contribution in [0, 0.1) is 25.7 Å². The zero-order chi connectivity index (χ0) is 17.6. The van der Waals surface area contributed by atoms with Crippen LogP contribution in [-0.2, 0) is 0 Å². The highest BCUT2D eigenvalue weighted by Crippen LogP contribution is 2.28. The zero-order valence-corrected chi connectivity index (χ0v) is 15.5. The smallest absolute Gasteiger partial charge is 0.158 e. The predicted octanol–water partition coefficient (Wildman–Crippen LogP) is 4.50. The Morgan fingerprint density at radius 2 is 1.76 bits per heavy atom. The van der Waals surface area contributed by atoms with Crippen molar-refractivity contribution in [3.8, 4) is 11.3 Å². The summed E-state index contributed by atoms with van der Waals surface area (Å²) in [5.41, 5.74) is 5.36. The molecule has 1 fully saturated rings. The summed E-state index contributed by atoms with van der Waals surface area (Å²) in [6.07, 6.45) is 1.30. The summed E-state index contributed by atoms with van der Waals surface area (Å²) >= 11 is 0. The summed E-state index contributed by atoms with van der Waals surface area (Å²) in [6.45, 7) is 11.0. The minimum absolute atomic E-state index is 0.707. The molecule has 1 aromatic carbocycles. The lowest BCUT2D eigenvalue weighted by atomic mass is 9.92. The van der Waals surface area contributed by atoms with Crippen LogP contribution in [0.4, 0.5) is 5.82 Å². The molecule has 0 saturated carbocycles.